The zero-order valence-electron chi connectivity index (χ0n) is 13.5. The van der Waals surface area contributed by atoms with Gasteiger partial charge in [0.2, 0.25) is 5.89 Å². The molecule has 0 amide bonds. The van der Waals surface area contributed by atoms with Gasteiger partial charge in [0, 0.05) is 20.0 Å². The van der Waals surface area contributed by atoms with Crippen LogP contribution >= 0.6 is 0 Å². The molecular formula is C15H19N7O. The Morgan fingerprint density at radius 1 is 1.30 bits per heavy atom. The maximum atomic E-state index is 5.29. The molecule has 0 unspecified atom stereocenters. The van der Waals surface area contributed by atoms with Crippen molar-refractivity contribution in [1.29, 1.82) is 0 Å². The number of hydrogen-bond acceptors (Lipinski definition) is 7. The minimum Gasteiger partial charge on any atom is -0.345 e. The van der Waals surface area contributed by atoms with E-state index in [-0.39, 0.29) is 6.04 Å². The van der Waals surface area contributed by atoms with E-state index in [1.54, 1.807) is 4.68 Å². The van der Waals surface area contributed by atoms with Crippen LogP contribution in [0.25, 0.3) is 11.0 Å². The normalized spacial score (nSPS) is 18.2. The Balaban J connectivity index is 1.79. The lowest BCUT2D eigenvalue weighted by atomic mass is 10.2. The molecule has 4 rings (SSSR count). The van der Waals surface area contributed by atoms with Crippen molar-refractivity contribution in [3.63, 3.8) is 0 Å². The van der Waals surface area contributed by atoms with Crippen molar-refractivity contribution in [3.8, 4) is 0 Å². The third-order valence-corrected chi connectivity index (χ3v) is 4.29. The monoisotopic (exact) mass is 313 g/mol. The molecule has 23 heavy (non-hydrogen) atoms. The van der Waals surface area contributed by atoms with Gasteiger partial charge in [0.15, 0.2) is 11.5 Å². The van der Waals surface area contributed by atoms with Crippen LogP contribution in [0.5, 0.6) is 0 Å². The minimum atomic E-state index is 0.0942. The maximum Gasteiger partial charge on any atom is 0.226 e. The van der Waals surface area contributed by atoms with Crippen molar-refractivity contribution in [2.24, 2.45) is 7.05 Å². The molecule has 1 saturated heterocycles. The Labute approximate surface area is 133 Å². The number of anilines is 1. The lowest BCUT2D eigenvalue weighted by Gasteiger charge is -2.24. The van der Waals surface area contributed by atoms with Crippen LogP contribution in [0.15, 0.2) is 10.7 Å². The molecule has 1 atom stereocenters. The van der Waals surface area contributed by atoms with E-state index in [4.69, 9.17) is 4.52 Å². The van der Waals surface area contributed by atoms with Crippen LogP contribution in [0.2, 0.25) is 0 Å². The third kappa shape index (κ3) is 2.25. The summed E-state index contributed by atoms with van der Waals surface area (Å²) in [5.74, 6) is 3.07. The molecule has 0 N–H and O–H groups in total. The zero-order chi connectivity index (χ0) is 16.0. The fourth-order valence-corrected chi connectivity index (χ4v) is 3.17. The Morgan fingerprint density at radius 3 is 2.96 bits per heavy atom. The van der Waals surface area contributed by atoms with Gasteiger partial charge in [-0.3, -0.25) is 4.68 Å². The van der Waals surface area contributed by atoms with Gasteiger partial charge in [0.05, 0.1) is 17.6 Å². The molecule has 8 nitrogen and oxygen atoms in total. The second kappa shape index (κ2) is 5.29. The van der Waals surface area contributed by atoms with Crippen molar-refractivity contribution >= 4 is 16.9 Å². The highest BCUT2D eigenvalue weighted by Gasteiger charge is 2.32. The van der Waals surface area contributed by atoms with E-state index in [0.29, 0.717) is 5.89 Å². The molecule has 0 aromatic carbocycles. The van der Waals surface area contributed by atoms with E-state index < -0.39 is 0 Å². The van der Waals surface area contributed by atoms with Gasteiger partial charge in [-0.15, -0.1) is 0 Å². The van der Waals surface area contributed by atoms with Crippen molar-refractivity contribution < 1.29 is 4.52 Å². The molecule has 0 saturated carbocycles. The van der Waals surface area contributed by atoms with Crippen LogP contribution in [0, 0.1) is 6.92 Å². The highest BCUT2D eigenvalue weighted by atomic mass is 16.5. The first-order chi connectivity index (χ1) is 11.2. The molecule has 0 spiro atoms. The second-order valence-corrected chi connectivity index (χ2v) is 5.85. The lowest BCUT2D eigenvalue weighted by molar-refractivity contribution is 0.373. The highest BCUT2D eigenvalue weighted by molar-refractivity contribution is 5.87. The van der Waals surface area contributed by atoms with Gasteiger partial charge in [-0.1, -0.05) is 12.1 Å². The van der Waals surface area contributed by atoms with Crippen LogP contribution in [0.4, 0.5) is 5.82 Å². The predicted molar refractivity (Wildman–Crippen MR) is 84.0 cm³/mol. The molecular weight excluding hydrogens is 294 g/mol. The highest BCUT2D eigenvalue weighted by Crippen LogP contribution is 2.36. The Hall–Kier alpha value is -2.51. The zero-order valence-corrected chi connectivity index (χ0v) is 13.5. The standard InChI is InChI=1S/C15H19N7O/c1-4-12-19-13(20-23-12)11-6-5-7-22(11)15-10-8-16-21(3)14(10)17-9(2)18-15/h8,11H,4-7H2,1-3H3/t11-/m0/s1. The van der Waals surface area contributed by atoms with Crippen molar-refractivity contribution in [2.75, 3.05) is 11.4 Å². The van der Waals surface area contributed by atoms with Gasteiger partial charge in [-0.25, -0.2) is 9.97 Å². The molecule has 1 fully saturated rings. The number of aromatic nitrogens is 6. The topological polar surface area (TPSA) is 85.8 Å². The predicted octanol–water partition coefficient (Wildman–Crippen LogP) is 1.96. The quantitative estimate of drug-likeness (QED) is 0.730. The molecule has 120 valence electrons. The second-order valence-electron chi connectivity index (χ2n) is 5.85. The SMILES string of the molecule is CCc1nc([C@@H]2CCCN2c2nc(C)nc3c2cnn3C)no1. The van der Waals surface area contributed by atoms with Gasteiger partial charge in [-0.2, -0.15) is 10.1 Å². The largest absolute Gasteiger partial charge is 0.345 e. The molecule has 0 radical (unpaired) electrons. The first-order valence-corrected chi connectivity index (χ1v) is 7.93. The summed E-state index contributed by atoms with van der Waals surface area (Å²) in [4.78, 5) is 15.9. The van der Waals surface area contributed by atoms with E-state index in [1.165, 1.54) is 0 Å². The molecule has 0 aliphatic carbocycles. The number of nitrogens with zero attached hydrogens (tertiary/aromatic N) is 7. The molecule has 4 heterocycles. The van der Waals surface area contributed by atoms with E-state index in [1.807, 2.05) is 27.1 Å². The number of fused-ring (bicyclic) bond motifs is 1. The summed E-state index contributed by atoms with van der Waals surface area (Å²) in [5.41, 5.74) is 0.848. The summed E-state index contributed by atoms with van der Waals surface area (Å²) in [6.45, 7) is 4.84. The van der Waals surface area contributed by atoms with Crippen LogP contribution in [0.3, 0.4) is 0 Å². The average Bonchev–Trinajstić information content (AvgIpc) is 3.26. The molecule has 3 aromatic rings. The maximum absolute atomic E-state index is 5.29. The smallest absolute Gasteiger partial charge is 0.226 e. The van der Waals surface area contributed by atoms with Gasteiger partial charge in [-0.05, 0) is 19.8 Å². The van der Waals surface area contributed by atoms with Crippen LogP contribution in [-0.4, -0.2) is 36.4 Å². The Kier molecular flexibility index (Phi) is 3.24. The molecule has 1 aliphatic rings. The van der Waals surface area contributed by atoms with Crippen molar-refractivity contribution in [2.45, 2.75) is 39.2 Å². The molecule has 8 heteroatoms. The summed E-state index contributed by atoms with van der Waals surface area (Å²) in [6.07, 6.45) is 4.64. The van der Waals surface area contributed by atoms with E-state index in [2.05, 4.69) is 30.1 Å². The van der Waals surface area contributed by atoms with Crippen molar-refractivity contribution in [3.05, 3.63) is 23.7 Å². The average molecular weight is 313 g/mol. The van der Waals surface area contributed by atoms with E-state index in [0.717, 1.165) is 54.3 Å². The first kappa shape index (κ1) is 14.1. The van der Waals surface area contributed by atoms with Crippen LogP contribution in [-0.2, 0) is 13.5 Å². The van der Waals surface area contributed by atoms with Gasteiger partial charge in [0.1, 0.15) is 11.6 Å². The fourth-order valence-electron chi connectivity index (χ4n) is 3.17. The summed E-state index contributed by atoms with van der Waals surface area (Å²) in [5, 5.41) is 9.44. The molecule has 3 aromatic heterocycles. The Morgan fingerprint density at radius 2 is 2.17 bits per heavy atom. The first-order valence-electron chi connectivity index (χ1n) is 7.93. The number of rotatable bonds is 3. The summed E-state index contributed by atoms with van der Waals surface area (Å²) in [6, 6.07) is 0.0942. The number of aryl methyl sites for hydroxylation is 3. The van der Waals surface area contributed by atoms with Gasteiger partial charge < -0.3 is 9.42 Å². The van der Waals surface area contributed by atoms with Crippen molar-refractivity contribution in [1.82, 2.24) is 29.9 Å². The summed E-state index contributed by atoms with van der Waals surface area (Å²) >= 11 is 0. The Bertz CT molecular complexity index is 853. The van der Waals surface area contributed by atoms with Gasteiger partial charge >= 0.3 is 0 Å². The summed E-state index contributed by atoms with van der Waals surface area (Å²) < 4.78 is 7.07. The molecule has 1 aliphatic heterocycles. The number of hydrogen-bond donors (Lipinski definition) is 0. The van der Waals surface area contributed by atoms with Crippen LogP contribution < -0.4 is 4.90 Å². The van der Waals surface area contributed by atoms with E-state index in [9.17, 15) is 0 Å². The fraction of sp³-hybridized carbons (Fsp3) is 0.533. The van der Waals surface area contributed by atoms with Gasteiger partial charge in [0.25, 0.3) is 0 Å². The third-order valence-electron chi connectivity index (χ3n) is 4.29. The van der Waals surface area contributed by atoms with Crippen LogP contribution in [0.1, 0.15) is 43.3 Å². The lowest BCUT2D eigenvalue weighted by Crippen LogP contribution is -2.25. The van der Waals surface area contributed by atoms with E-state index >= 15 is 0 Å². The summed E-state index contributed by atoms with van der Waals surface area (Å²) in [7, 11) is 1.90. The molecule has 0 bridgehead atoms. The minimum absolute atomic E-state index is 0.0942.